The molecule has 1 aliphatic rings. The predicted octanol–water partition coefficient (Wildman–Crippen LogP) is 2.04. The molecule has 0 radical (unpaired) electrons. The Labute approximate surface area is 128 Å². The molecule has 1 aliphatic heterocycles. The molecule has 0 spiro atoms. The average molecular weight is 291 g/mol. The van der Waals surface area contributed by atoms with E-state index in [4.69, 9.17) is 0 Å². The molecule has 118 valence electrons. The van der Waals surface area contributed by atoms with Crippen LogP contribution < -0.4 is 5.32 Å². The molecule has 2 heterocycles. The Morgan fingerprint density at radius 3 is 2.57 bits per heavy atom. The van der Waals surface area contributed by atoms with Crippen molar-refractivity contribution in [1.82, 2.24) is 15.2 Å². The molecule has 21 heavy (non-hydrogen) atoms. The van der Waals surface area contributed by atoms with Gasteiger partial charge in [-0.15, -0.1) is 0 Å². The van der Waals surface area contributed by atoms with Crippen molar-refractivity contribution in [2.24, 2.45) is 5.92 Å². The summed E-state index contributed by atoms with van der Waals surface area (Å²) in [5.74, 6) is 0.356. The Morgan fingerprint density at radius 1 is 1.29 bits per heavy atom. The topological polar surface area (TPSA) is 48.4 Å². The van der Waals surface area contributed by atoms with Crippen molar-refractivity contribution in [2.45, 2.75) is 51.8 Å². The molecule has 0 saturated carbocycles. The monoisotopic (exact) mass is 291 g/mol. The van der Waals surface area contributed by atoms with E-state index in [1.54, 1.807) is 0 Å². The van der Waals surface area contributed by atoms with Gasteiger partial charge in [0, 0.05) is 25.0 Å². The van der Waals surface area contributed by atoms with Crippen LogP contribution in [0.3, 0.4) is 0 Å². The number of aliphatic hydroxyl groups excluding tert-OH is 1. The van der Waals surface area contributed by atoms with Crippen molar-refractivity contribution in [3.05, 3.63) is 30.1 Å². The Kier molecular flexibility index (Phi) is 6.61. The predicted molar refractivity (Wildman–Crippen MR) is 86.0 cm³/mol. The van der Waals surface area contributed by atoms with E-state index in [9.17, 15) is 5.11 Å². The van der Waals surface area contributed by atoms with Crippen LogP contribution in [0.4, 0.5) is 0 Å². The highest BCUT2D eigenvalue weighted by molar-refractivity contribution is 5.09. The Hall–Kier alpha value is -0.970. The van der Waals surface area contributed by atoms with Crippen LogP contribution in [-0.2, 0) is 6.54 Å². The molecule has 2 N–H and O–H groups in total. The van der Waals surface area contributed by atoms with Gasteiger partial charge in [-0.05, 0) is 62.5 Å². The second kappa shape index (κ2) is 8.47. The number of rotatable bonds is 7. The number of hydrogen-bond donors (Lipinski definition) is 2. The van der Waals surface area contributed by atoms with Crippen LogP contribution in [-0.4, -0.2) is 46.8 Å². The van der Waals surface area contributed by atoms with Gasteiger partial charge in [0.2, 0.25) is 0 Å². The van der Waals surface area contributed by atoms with Gasteiger partial charge in [-0.2, -0.15) is 0 Å². The van der Waals surface area contributed by atoms with Gasteiger partial charge >= 0.3 is 0 Å². The molecule has 2 rings (SSSR count). The number of piperidine rings is 1. The Balaban J connectivity index is 1.62. The van der Waals surface area contributed by atoms with Gasteiger partial charge in [0.1, 0.15) is 0 Å². The summed E-state index contributed by atoms with van der Waals surface area (Å²) in [6.45, 7) is 8.39. The highest BCUT2D eigenvalue weighted by atomic mass is 16.3. The summed E-state index contributed by atoms with van der Waals surface area (Å²) in [6.07, 6.45) is 6.80. The molecule has 1 saturated heterocycles. The highest BCUT2D eigenvalue weighted by Gasteiger charge is 2.19. The molecule has 1 aromatic rings. The van der Waals surface area contributed by atoms with Gasteiger partial charge in [-0.3, -0.25) is 9.88 Å². The van der Waals surface area contributed by atoms with Crippen molar-refractivity contribution in [2.75, 3.05) is 19.6 Å². The third kappa shape index (κ3) is 5.73. The van der Waals surface area contributed by atoms with Gasteiger partial charge in [0.05, 0.1) is 6.10 Å². The van der Waals surface area contributed by atoms with E-state index in [0.29, 0.717) is 12.0 Å². The summed E-state index contributed by atoms with van der Waals surface area (Å²) in [7, 11) is 0. The second-order valence-corrected chi connectivity index (χ2v) is 6.46. The van der Waals surface area contributed by atoms with Crippen LogP contribution in [0.2, 0.25) is 0 Å². The van der Waals surface area contributed by atoms with Crippen molar-refractivity contribution in [1.29, 1.82) is 0 Å². The van der Waals surface area contributed by atoms with Crippen molar-refractivity contribution >= 4 is 0 Å². The smallest absolute Gasteiger partial charge is 0.0575 e. The number of likely N-dealkylation sites (tertiary alicyclic amines) is 1. The van der Waals surface area contributed by atoms with E-state index in [2.05, 4.69) is 41.2 Å². The zero-order chi connectivity index (χ0) is 15.1. The van der Waals surface area contributed by atoms with Gasteiger partial charge in [0.15, 0.2) is 0 Å². The maximum absolute atomic E-state index is 9.81. The summed E-state index contributed by atoms with van der Waals surface area (Å²) in [6, 6.07) is 4.80. The zero-order valence-corrected chi connectivity index (χ0v) is 13.3. The lowest BCUT2D eigenvalue weighted by Gasteiger charge is -2.32. The first kappa shape index (κ1) is 16.4. The lowest BCUT2D eigenvalue weighted by Crippen LogP contribution is -2.43. The summed E-state index contributed by atoms with van der Waals surface area (Å²) in [4.78, 5) is 6.57. The molecule has 1 aromatic heterocycles. The van der Waals surface area contributed by atoms with E-state index in [1.807, 2.05) is 12.4 Å². The molecule has 1 unspecified atom stereocenters. The summed E-state index contributed by atoms with van der Waals surface area (Å²) in [5.41, 5.74) is 1.34. The molecule has 4 heteroatoms. The molecule has 0 bridgehead atoms. The fourth-order valence-electron chi connectivity index (χ4n) is 2.81. The number of pyridine rings is 1. The van der Waals surface area contributed by atoms with Crippen LogP contribution in [0.15, 0.2) is 24.5 Å². The average Bonchev–Trinajstić information content (AvgIpc) is 2.50. The van der Waals surface area contributed by atoms with Crippen molar-refractivity contribution in [3.63, 3.8) is 0 Å². The number of nitrogens with zero attached hydrogens (tertiary/aromatic N) is 2. The molecule has 1 atom stereocenters. The van der Waals surface area contributed by atoms with E-state index in [1.165, 1.54) is 18.4 Å². The first-order valence-electron chi connectivity index (χ1n) is 8.18. The van der Waals surface area contributed by atoms with Crippen LogP contribution >= 0.6 is 0 Å². The molecule has 0 aromatic carbocycles. The minimum absolute atomic E-state index is 0.177. The Morgan fingerprint density at radius 2 is 1.95 bits per heavy atom. The van der Waals surface area contributed by atoms with Gasteiger partial charge in [-0.1, -0.05) is 13.8 Å². The highest BCUT2D eigenvalue weighted by Crippen LogP contribution is 2.14. The standard InChI is InChI=1S/C17H29N3O/c1-14(2)17(21)5-10-19-16-6-11-20(12-7-16)13-15-3-8-18-9-4-15/h3-4,8-9,14,16-17,19,21H,5-7,10-13H2,1-2H3. The summed E-state index contributed by atoms with van der Waals surface area (Å²) in [5, 5.41) is 13.4. The number of hydrogen-bond acceptors (Lipinski definition) is 4. The van der Waals surface area contributed by atoms with Crippen LogP contribution in [0.5, 0.6) is 0 Å². The summed E-state index contributed by atoms with van der Waals surface area (Å²) >= 11 is 0. The minimum atomic E-state index is -0.177. The van der Waals surface area contributed by atoms with Gasteiger partial charge in [-0.25, -0.2) is 0 Å². The molecule has 4 nitrogen and oxygen atoms in total. The van der Waals surface area contributed by atoms with E-state index < -0.39 is 0 Å². The molecule has 0 amide bonds. The lowest BCUT2D eigenvalue weighted by atomic mass is 10.0. The maximum atomic E-state index is 9.81. The lowest BCUT2D eigenvalue weighted by molar-refractivity contribution is 0.112. The number of nitrogens with one attached hydrogen (secondary N) is 1. The van der Waals surface area contributed by atoms with E-state index >= 15 is 0 Å². The zero-order valence-electron chi connectivity index (χ0n) is 13.3. The molecular formula is C17H29N3O. The normalized spacial score (nSPS) is 19.0. The quantitative estimate of drug-likeness (QED) is 0.807. The van der Waals surface area contributed by atoms with Crippen LogP contribution in [0.25, 0.3) is 0 Å². The summed E-state index contributed by atoms with van der Waals surface area (Å²) < 4.78 is 0. The van der Waals surface area contributed by atoms with E-state index in [-0.39, 0.29) is 6.10 Å². The fraction of sp³-hybridized carbons (Fsp3) is 0.706. The first-order valence-corrected chi connectivity index (χ1v) is 8.18. The Bertz CT molecular complexity index is 388. The minimum Gasteiger partial charge on any atom is -0.393 e. The number of aromatic nitrogens is 1. The number of aliphatic hydroxyl groups is 1. The molecular weight excluding hydrogens is 262 g/mol. The fourth-order valence-corrected chi connectivity index (χ4v) is 2.81. The van der Waals surface area contributed by atoms with E-state index in [0.717, 1.165) is 32.6 Å². The van der Waals surface area contributed by atoms with Crippen molar-refractivity contribution < 1.29 is 5.11 Å². The second-order valence-electron chi connectivity index (χ2n) is 6.46. The largest absolute Gasteiger partial charge is 0.393 e. The molecule has 0 aliphatic carbocycles. The van der Waals surface area contributed by atoms with Gasteiger partial charge in [0.25, 0.3) is 0 Å². The third-order valence-corrected chi connectivity index (χ3v) is 4.39. The van der Waals surface area contributed by atoms with Crippen molar-refractivity contribution in [3.8, 4) is 0 Å². The first-order chi connectivity index (χ1) is 10.1. The van der Waals surface area contributed by atoms with Crippen LogP contribution in [0.1, 0.15) is 38.7 Å². The maximum Gasteiger partial charge on any atom is 0.0575 e. The van der Waals surface area contributed by atoms with Gasteiger partial charge < -0.3 is 10.4 Å². The van der Waals surface area contributed by atoms with Crippen LogP contribution in [0, 0.1) is 5.92 Å². The molecule has 1 fully saturated rings. The third-order valence-electron chi connectivity index (χ3n) is 4.39. The SMILES string of the molecule is CC(C)C(O)CCNC1CCN(Cc2ccncc2)CC1.